The average Bonchev–Trinajstić information content (AvgIpc) is 2.81. The molecule has 0 bridgehead atoms. The maximum atomic E-state index is 11.6. The molecule has 0 aromatic heterocycles. The molecule has 8 nitrogen and oxygen atoms in total. The highest BCUT2D eigenvalue weighted by atomic mass is 16.2. The van der Waals surface area contributed by atoms with E-state index in [0.29, 0.717) is 0 Å². The van der Waals surface area contributed by atoms with Gasteiger partial charge in [-0.05, 0) is 0 Å². The molecule has 0 aromatic rings. The first-order chi connectivity index (χ1) is 8.43. The first-order valence-electron chi connectivity index (χ1n) is 4.64. The van der Waals surface area contributed by atoms with Crippen LogP contribution in [0.5, 0.6) is 0 Å². The molecule has 2 aliphatic heterocycles. The Morgan fingerprint density at radius 3 is 1.06 bits per heavy atom. The van der Waals surface area contributed by atoms with Crippen molar-refractivity contribution in [1.29, 1.82) is 0 Å². The van der Waals surface area contributed by atoms with Gasteiger partial charge < -0.3 is 0 Å². The molecule has 6 amide bonds. The van der Waals surface area contributed by atoms with E-state index in [-0.39, 0.29) is 9.80 Å². The van der Waals surface area contributed by atoms with Crippen molar-refractivity contribution in [2.75, 3.05) is 0 Å². The molecule has 2 aliphatic rings. The van der Waals surface area contributed by atoms with Crippen LogP contribution in [0.3, 0.4) is 0 Å². The smallest absolute Gasteiger partial charge is 0.269 e. The van der Waals surface area contributed by atoms with E-state index in [1.54, 1.807) is 0 Å². The Labute approximate surface area is 99.1 Å². The SMILES string of the molecule is O=C1C=CC(=O)N1C(=O)C(=O)N1C(=O)C=CC1=O. The number of carbonyl (C=O) groups excluding carboxylic acids is 6. The lowest BCUT2D eigenvalue weighted by molar-refractivity contribution is -0.162. The maximum Gasteiger partial charge on any atom is 0.327 e. The molecule has 0 aromatic carbocycles. The zero-order valence-corrected chi connectivity index (χ0v) is 8.65. The van der Waals surface area contributed by atoms with Crippen LogP contribution in [-0.4, -0.2) is 45.2 Å². The topological polar surface area (TPSA) is 109 Å². The Morgan fingerprint density at radius 1 is 0.611 bits per heavy atom. The Kier molecular flexibility index (Phi) is 2.47. The monoisotopic (exact) mass is 248 g/mol. The predicted octanol–water partition coefficient (Wildman–Crippen LogP) is -2.11. The fraction of sp³-hybridized carbons (Fsp3) is 0. The third kappa shape index (κ3) is 1.56. The summed E-state index contributed by atoms with van der Waals surface area (Å²) in [6.45, 7) is 0. The van der Waals surface area contributed by atoms with E-state index in [9.17, 15) is 28.8 Å². The molecule has 0 radical (unpaired) electrons. The number of carbonyl (C=O) groups is 6. The fourth-order valence-corrected chi connectivity index (χ4v) is 1.39. The summed E-state index contributed by atoms with van der Waals surface area (Å²) >= 11 is 0. The van der Waals surface area contributed by atoms with E-state index in [1.165, 1.54) is 0 Å². The molecule has 90 valence electrons. The lowest BCUT2D eigenvalue weighted by Gasteiger charge is -2.15. The van der Waals surface area contributed by atoms with Crippen LogP contribution in [0.25, 0.3) is 0 Å². The van der Waals surface area contributed by atoms with Gasteiger partial charge in [-0.15, -0.1) is 0 Å². The number of amides is 6. The summed E-state index contributed by atoms with van der Waals surface area (Å²) in [5.41, 5.74) is 0. The zero-order chi connectivity index (χ0) is 13.4. The van der Waals surface area contributed by atoms with Crippen LogP contribution in [0, 0.1) is 0 Å². The quantitative estimate of drug-likeness (QED) is 0.358. The first-order valence-corrected chi connectivity index (χ1v) is 4.64. The average molecular weight is 248 g/mol. The second-order valence-electron chi connectivity index (χ2n) is 3.30. The van der Waals surface area contributed by atoms with Crippen LogP contribution in [0.1, 0.15) is 0 Å². The standard InChI is InChI=1S/C10H4N2O6/c13-5-1-2-6(14)11(5)9(17)10(18)12-7(15)3-4-8(12)16/h1-4H. The Morgan fingerprint density at radius 2 is 0.833 bits per heavy atom. The van der Waals surface area contributed by atoms with Crippen molar-refractivity contribution >= 4 is 35.4 Å². The molecule has 8 heteroatoms. The summed E-state index contributed by atoms with van der Waals surface area (Å²) in [5.74, 6) is -7.06. The van der Waals surface area contributed by atoms with E-state index in [0.717, 1.165) is 24.3 Å². The fourth-order valence-electron chi connectivity index (χ4n) is 1.39. The van der Waals surface area contributed by atoms with Gasteiger partial charge in [-0.2, -0.15) is 0 Å². The van der Waals surface area contributed by atoms with Crippen molar-refractivity contribution in [2.45, 2.75) is 0 Å². The molecule has 0 atom stereocenters. The van der Waals surface area contributed by atoms with Gasteiger partial charge in [0.2, 0.25) is 0 Å². The van der Waals surface area contributed by atoms with Gasteiger partial charge in [-0.25, -0.2) is 9.80 Å². The van der Waals surface area contributed by atoms with Crippen molar-refractivity contribution in [1.82, 2.24) is 9.80 Å². The molecular formula is C10H4N2O6. The minimum absolute atomic E-state index is 0.0568. The molecule has 0 saturated carbocycles. The van der Waals surface area contributed by atoms with E-state index < -0.39 is 35.4 Å². The Hall–Kier alpha value is -2.90. The van der Waals surface area contributed by atoms with Gasteiger partial charge in [-0.3, -0.25) is 28.8 Å². The van der Waals surface area contributed by atoms with Gasteiger partial charge >= 0.3 is 11.8 Å². The van der Waals surface area contributed by atoms with E-state index in [4.69, 9.17) is 0 Å². The minimum Gasteiger partial charge on any atom is -0.269 e. The number of nitrogens with zero attached hydrogens (tertiary/aromatic N) is 2. The predicted molar refractivity (Wildman–Crippen MR) is 52.0 cm³/mol. The zero-order valence-electron chi connectivity index (χ0n) is 8.65. The van der Waals surface area contributed by atoms with Gasteiger partial charge in [-0.1, -0.05) is 0 Å². The normalized spacial score (nSPS) is 18.2. The van der Waals surface area contributed by atoms with Crippen LogP contribution >= 0.6 is 0 Å². The van der Waals surface area contributed by atoms with Crippen LogP contribution in [0.15, 0.2) is 24.3 Å². The van der Waals surface area contributed by atoms with Gasteiger partial charge in [0.05, 0.1) is 0 Å². The molecule has 0 unspecified atom stereocenters. The molecule has 0 fully saturated rings. The second kappa shape index (κ2) is 3.84. The Bertz CT molecular complexity index is 497. The summed E-state index contributed by atoms with van der Waals surface area (Å²) in [5, 5.41) is 0. The minimum atomic E-state index is -1.54. The third-order valence-corrected chi connectivity index (χ3v) is 2.21. The second-order valence-corrected chi connectivity index (χ2v) is 3.30. The highest BCUT2D eigenvalue weighted by molar-refractivity contribution is 6.49. The lowest BCUT2D eigenvalue weighted by atomic mass is 10.4. The van der Waals surface area contributed by atoms with Gasteiger partial charge in [0, 0.05) is 24.3 Å². The highest BCUT2D eigenvalue weighted by Gasteiger charge is 2.41. The van der Waals surface area contributed by atoms with E-state index >= 15 is 0 Å². The van der Waals surface area contributed by atoms with E-state index in [1.807, 2.05) is 0 Å². The van der Waals surface area contributed by atoms with Crippen LogP contribution in [0.4, 0.5) is 0 Å². The Balaban J connectivity index is 2.23. The summed E-state index contributed by atoms with van der Waals surface area (Å²) in [4.78, 5) is 67.8. The van der Waals surface area contributed by atoms with Gasteiger partial charge in [0.15, 0.2) is 0 Å². The van der Waals surface area contributed by atoms with E-state index in [2.05, 4.69) is 0 Å². The van der Waals surface area contributed by atoms with Crippen LogP contribution in [-0.2, 0) is 28.8 Å². The summed E-state index contributed by atoms with van der Waals surface area (Å²) in [6.07, 6.45) is 3.22. The molecule has 2 rings (SSSR count). The van der Waals surface area contributed by atoms with Crippen molar-refractivity contribution in [3.63, 3.8) is 0 Å². The van der Waals surface area contributed by atoms with Crippen molar-refractivity contribution in [3.05, 3.63) is 24.3 Å². The maximum absolute atomic E-state index is 11.6. The van der Waals surface area contributed by atoms with Crippen molar-refractivity contribution in [2.24, 2.45) is 0 Å². The van der Waals surface area contributed by atoms with Crippen LogP contribution in [0.2, 0.25) is 0 Å². The van der Waals surface area contributed by atoms with Crippen LogP contribution < -0.4 is 0 Å². The largest absolute Gasteiger partial charge is 0.327 e. The molecule has 18 heavy (non-hydrogen) atoms. The first kappa shape index (κ1) is 11.6. The molecular weight excluding hydrogens is 244 g/mol. The number of imide groups is 6. The molecule has 0 N–H and O–H groups in total. The summed E-state index contributed by atoms with van der Waals surface area (Å²) in [7, 11) is 0. The molecule has 2 heterocycles. The molecule has 0 saturated heterocycles. The van der Waals surface area contributed by atoms with Gasteiger partial charge in [0.1, 0.15) is 0 Å². The highest BCUT2D eigenvalue weighted by Crippen LogP contribution is 2.09. The van der Waals surface area contributed by atoms with Crippen molar-refractivity contribution in [3.8, 4) is 0 Å². The number of hydrogen-bond donors (Lipinski definition) is 0. The number of rotatable bonds is 0. The lowest BCUT2D eigenvalue weighted by Crippen LogP contribution is -2.49. The van der Waals surface area contributed by atoms with Gasteiger partial charge in [0.25, 0.3) is 23.6 Å². The summed E-state index contributed by atoms with van der Waals surface area (Å²) < 4.78 is 0. The number of hydrogen-bond acceptors (Lipinski definition) is 6. The third-order valence-electron chi connectivity index (χ3n) is 2.21. The molecule has 0 aliphatic carbocycles. The van der Waals surface area contributed by atoms with Crippen molar-refractivity contribution < 1.29 is 28.8 Å². The summed E-state index contributed by atoms with van der Waals surface area (Å²) in [6, 6.07) is 0. The molecule has 0 spiro atoms.